The van der Waals surface area contributed by atoms with Gasteiger partial charge in [-0.15, -0.1) is 0 Å². The van der Waals surface area contributed by atoms with Crippen LogP contribution in [0, 0.1) is 0 Å². The lowest BCUT2D eigenvalue weighted by atomic mass is 10.2. The van der Waals surface area contributed by atoms with Crippen LogP contribution in [-0.4, -0.2) is 0 Å². The first-order valence-electron chi connectivity index (χ1n) is 5.45. The lowest BCUT2D eigenvalue weighted by Crippen LogP contribution is -1.87. The number of anilines is 1. The minimum Gasteiger partial charge on any atom is -0.326 e. The van der Waals surface area contributed by atoms with Crippen LogP contribution in [-0.2, 0) is 6.42 Å². The molecule has 0 aliphatic carbocycles. The zero-order valence-corrected chi connectivity index (χ0v) is 10.1. The summed E-state index contributed by atoms with van der Waals surface area (Å²) in [5, 5.41) is 0. The first kappa shape index (κ1) is 11.1. The number of benzene rings is 2. The predicted octanol–water partition coefficient (Wildman–Crippen LogP) is 4.37. The van der Waals surface area contributed by atoms with Crippen molar-refractivity contribution in [2.45, 2.75) is 18.2 Å². The third kappa shape index (κ3) is 3.04. The molecule has 0 bridgehead atoms. The Labute approximate surface area is 101 Å². The highest BCUT2D eigenvalue weighted by Crippen LogP contribution is 2.20. The van der Waals surface area contributed by atoms with E-state index in [1.54, 1.807) is 11.9 Å². The van der Waals surface area contributed by atoms with Crippen LogP contribution in [0.4, 0.5) is 5.69 Å². The standard InChI is InChI=1S/C14H15NS/c1-2-12-8-10-13(11-9-12)15-16-14-6-4-3-5-7-14/h3-11,15H,2H2,1H3. The summed E-state index contributed by atoms with van der Waals surface area (Å²) in [6, 6.07) is 18.9. The third-order valence-electron chi connectivity index (χ3n) is 2.39. The van der Waals surface area contributed by atoms with Gasteiger partial charge in [0.05, 0.1) is 0 Å². The highest BCUT2D eigenvalue weighted by atomic mass is 32.2. The van der Waals surface area contributed by atoms with Crippen molar-refractivity contribution in [1.82, 2.24) is 0 Å². The van der Waals surface area contributed by atoms with Gasteiger partial charge in [-0.3, -0.25) is 0 Å². The molecule has 0 aliphatic heterocycles. The fraction of sp³-hybridized carbons (Fsp3) is 0.143. The average Bonchev–Trinajstić information content (AvgIpc) is 2.38. The number of aryl methyl sites for hydroxylation is 1. The second-order valence-corrected chi connectivity index (χ2v) is 4.45. The molecule has 1 N–H and O–H groups in total. The molecular weight excluding hydrogens is 214 g/mol. The zero-order valence-electron chi connectivity index (χ0n) is 9.31. The predicted molar refractivity (Wildman–Crippen MR) is 71.7 cm³/mol. The lowest BCUT2D eigenvalue weighted by Gasteiger charge is -2.05. The number of hydrogen-bond donors (Lipinski definition) is 1. The monoisotopic (exact) mass is 229 g/mol. The summed E-state index contributed by atoms with van der Waals surface area (Å²) in [7, 11) is 0. The van der Waals surface area contributed by atoms with E-state index in [0.29, 0.717) is 0 Å². The lowest BCUT2D eigenvalue weighted by molar-refractivity contribution is 1.14. The Kier molecular flexibility index (Phi) is 3.89. The van der Waals surface area contributed by atoms with Crippen LogP contribution in [0.2, 0.25) is 0 Å². The summed E-state index contributed by atoms with van der Waals surface area (Å²) < 4.78 is 3.33. The highest BCUT2D eigenvalue weighted by molar-refractivity contribution is 8.00. The first-order chi connectivity index (χ1) is 7.88. The molecular formula is C14H15NS. The van der Waals surface area contributed by atoms with Gasteiger partial charge in [-0.2, -0.15) is 0 Å². The smallest absolute Gasteiger partial charge is 0.0443 e. The van der Waals surface area contributed by atoms with Gasteiger partial charge < -0.3 is 4.72 Å². The Morgan fingerprint density at radius 2 is 1.62 bits per heavy atom. The van der Waals surface area contributed by atoms with Gasteiger partial charge in [-0.25, -0.2) is 0 Å². The second-order valence-electron chi connectivity index (χ2n) is 3.57. The molecule has 0 spiro atoms. The maximum Gasteiger partial charge on any atom is 0.0443 e. The van der Waals surface area contributed by atoms with E-state index in [-0.39, 0.29) is 0 Å². The van der Waals surface area contributed by atoms with Gasteiger partial charge in [0.25, 0.3) is 0 Å². The highest BCUT2D eigenvalue weighted by Gasteiger charge is 1.94. The van der Waals surface area contributed by atoms with Gasteiger partial charge >= 0.3 is 0 Å². The molecule has 2 aromatic rings. The Hall–Kier alpha value is -1.41. The van der Waals surface area contributed by atoms with Crippen molar-refractivity contribution < 1.29 is 0 Å². The maximum atomic E-state index is 3.33. The maximum absolute atomic E-state index is 3.33. The molecule has 0 saturated carbocycles. The molecule has 0 saturated heterocycles. The Morgan fingerprint density at radius 3 is 2.25 bits per heavy atom. The fourth-order valence-electron chi connectivity index (χ4n) is 1.41. The second kappa shape index (κ2) is 5.61. The molecule has 2 heteroatoms. The van der Waals surface area contributed by atoms with Crippen molar-refractivity contribution >= 4 is 17.6 Å². The molecule has 0 atom stereocenters. The van der Waals surface area contributed by atoms with Crippen LogP contribution in [0.1, 0.15) is 12.5 Å². The summed E-state index contributed by atoms with van der Waals surface area (Å²) in [5.41, 5.74) is 2.52. The van der Waals surface area contributed by atoms with E-state index in [0.717, 1.165) is 12.1 Å². The third-order valence-corrected chi connectivity index (χ3v) is 3.24. The molecule has 2 aromatic carbocycles. The zero-order chi connectivity index (χ0) is 11.2. The average molecular weight is 229 g/mol. The SMILES string of the molecule is CCc1ccc(NSc2ccccc2)cc1. The molecule has 0 amide bonds. The first-order valence-corrected chi connectivity index (χ1v) is 6.27. The molecule has 1 nitrogen and oxygen atoms in total. The van der Waals surface area contributed by atoms with Crippen molar-refractivity contribution in [1.29, 1.82) is 0 Å². The van der Waals surface area contributed by atoms with Gasteiger partial charge in [-0.1, -0.05) is 37.3 Å². The summed E-state index contributed by atoms with van der Waals surface area (Å²) in [6.45, 7) is 2.17. The molecule has 0 radical (unpaired) electrons. The van der Waals surface area contributed by atoms with Crippen LogP contribution >= 0.6 is 11.9 Å². The molecule has 0 aliphatic rings. The van der Waals surface area contributed by atoms with E-state index >= 15 is 0 Å². The molecule has 2 rings (SSSR count). The van der Waals surface area contributed by atoms with Crippen molar-refractivity contribution in [3.8, 4) is 0 Å². The summed E-state index contributed by atoms with van der Waals surface area (Å²) in [4.78, 5) is 1.22. The van der Waals surface area contributed by atoms with Crippen molar-refractivity contribution in [2.75, 3.05) is 4.72 Å². The van der Waals surface area contributed by atoms with Crippen molar-refractivity contribution in [2.24, 2.45) is 0 Å². The summed E-state index contributed by atoms with van der Waals surface area (Å²) in [6.07, 6.45) is 1.09. The van der Waals surface area contributed by atoms with E-state index < -0.39 is 0 Å². The molecule has 0 heterocycles. The summed E-state index contributed by atoms with van der Waals surface area (Å²) in [5.74, 6) is 0. The van der Waals surface area contributed by atoms with Crippen molar-refractivity contribution in [3.05, 3.63) is 60.2 Å². The van der Waals surface area contributed by atoms with E-state index in [1.807, 2.05) is 18.2 Å². The molecule has 0 unspecified atom stereocenters. The van der Waals surface area contributed by atoms with Gasteiger partial charge in [0.1, 0.15) is 0 Å². The Morgan fingerprint density at radius 1 is 0.938 bits per heavy atom. The quantitative estimate of drug-likeness (QED) is 0.781. The minimum absolute atomic E-state index is 1.09. The number of hydrogen-bond acceptors (Lipinski definition) is 2. The fourth-order valence-corrected chi connectivity index (χ4v) is 2.08. The van der Waals surface area contributed by atoms with Crippen molar-refractivity contribution in [3.63, 3.8) is 0 Å². The van der Waals surface area contributed by atoms with Gasteiger partial charge in [0.15, 0.2) is 0 Å². The van der Waals surface area contributed by atoms with Crippen LogP contribution in [0.15, 0.2) is 59.5 Å². The topological polar surface area (TPSA) is 12.0 Å². The minimum atomic E-state index is 1.09. The molecule has 16 heavy (non-hydrogen) atoms. The van der Waals surface area contributed by atoms with Gasteiger partial charge in [0.2, 0.25) is 0 Å². The van der Waals surface area contributed by atoms with E-state index in [9.17, 15) is 0 Å². The van der Waals surface area contributed by atoms with E-state index in [2.05, 4.69) is 48.0 Å². The van der Waals surface area contributed by atoms with Crippen LogP contribution in [0.3, 0.4) is 0 Å². The van der Waals surface area contributed by atoms with Crippen LogP contribution in [0.5, 0.6) is 0 Å². The Bertz CT molecular complexity index is 422. The van der Waals surface area contributed by atoms with Gasteiger partial charge in [0, 0.05) is 10.6 Å². The summed E-state index contributed by atoms with van der Waals surface area (Å²) >= 11 is 1.64. The van der Waals surface area contributed by atoms with Gasteiger partial charge in [-0.05, 0) is 48.2 Å². The van der Waals surface area contributed by atoms with Crippen LogP contribution in [0.25, 0.3) is 0 Å². The van der Waals surface area contributed by atoms with E-state index in [1.165, 1.54) is 10.5 Å². The molecule has 0 aromatic heterocycles. The number of nitrogens with one attached hydrogen (secondary N) is 1. The Balaban J connectivity index is 1.94. The van der Waals surface area contributed by atoms with Crippen LogP contribution < -0.4 is 4.72 Å². The normalized spacial score (nSPS) is 10.1. The number of rotatable bonds is 4. The largest absolute Gasteiger partial charge is 0.326 e. The molecule has 0 fully saturated rings. The van der Waals surface area contributed by atoms with E-state index in [4.69, 9.17) is 0 Å². The molecule has 82 valence electrons.